The van der Waals surface area contributed by atoms with Gasteiger partial charge in [0, 0.05) is 37.9 Å². The lowest BCUT2D eigenvalue weighted by Gasteiger charge is -2.35. The molecular formula is C44H36N4Si. The van der Waals surface area contributed by atoms with E-state index in [1.807, 2.05) is 48.5 Å². The molecule has 6 aromatic carbocycles. The van der Waals surface area contributed by atoms with Gasteiger partial charge in [-0.25, -0.2) is 4.98 Å². The molecule has 5 heteroatoms. The number of hydrogen-bond donors (Lipinski definition) is 0. The molecule has 1 aliphatic heterocycles. The Hall–Kier alpha value is -5.91. The van der Waals surface area contributed by atoms with Gasteiger partial charge in [-0.3, -0.25) is 4.57 Å². The molecule has 0 saturated heterocycles. The number of rotatable bonds is 6. The highest BCUT2D eigenvalue weighted by molar-refractivity contribution is 7.20. The van der Waals surface area contributed by atoms with E-state index < -0.39 is 21.9 Å². The second-order valence-corrected chi connectivity index (χ2v) is 16.3. The number of pyridine rings is 1. The van der Waals surface area contributed by atoms with Gasteiger partial charge in [0.25, 0.3) is 0 Å². The highest BCUT2D eigenvalue weighted by Crippen LogP contribution is 2.39. The summed E-state index contributed by atoms with van der Waals surface area (Å²) in [5.74, 6) is 0.539. The van der Waals surface area contributed by atoms with E-state index >= 15 is 0 Å². The van der Waals surface area contributed by atoms with Crippen molar-refractivity contribution in [1.29, 1.82) is 0 Å². The summed E-state index contributed by atoms with van der Waals surface area (Å²) in [7, 11) is -3.13. The fourth-order valence-electron chi connectivity index (χ4n) is 7.71. The van der Waals surface area contributed by atoms with Crippen molar-refractivity contribution in [3.8, 4) is 5.82 Å². The molecule has 2 aromatic heterocycles. The lowest BCUT2D eigenvalue weighted by Crippen LogP contribution is -2.74. The molecule has 3 heterocycles. The van der Waals surface area contributed by atoms with Crippen LogP contribution in [0.1, 0.15) is 13.8 Å². The summed E-state index contributed by atoms with van der Waals surface area (Å²) in [6.45, 7) is -4.40. The Labute approximate surface area is 296 Å². The molecule has 1 aliphatic rings. The molecule has 9 rings (SSSR count). The maximum absolute atomic E-state index is 8.32. The molecule has 8 aromatic rings. The molecule has 4 nitrogen and oxygen atoms in total. The van der Waals surface area contributed by atoms with Crippen LogP contribution in [0.2, 0.25) is 0 Å². The molecule has 0 spiro atoms. The summed E-state index contributed by atoms with van der Waals surface area (Å²) in [6, 6.07) is 55.7. The predicted octanol–water partition coefficient (Wildman–Crippen LogP) is 7.41. The summed E-state index contributed by atoms with van der Waals surface area (Å²) in [5, 5.41) is 6.73. The Kier molecular flexibility index (Phi) is 5.57. The molecule has 0 amide bonds. The molecular weight excluding hydrogens is 613 g/mol. The molecule has 236 valence electrons. The summed E-state index contributed by atoms with van der Waals surface area (Å²) in [6.07, 6.45) is 1.57. The first-order chi connectivity index (χ1) is 26.5. The lowest BCUT2D eigenvalue weighted by atomic mass is 10.1. The Morgan fingerprint density at radius 2 is 1.24 bits per heavy atom. The number of fused-ring (bicyclic) bond motifs is 4. The van der Waals surface area contributed by atoms with Crippen LogP contribution in [0.5, 0.6) is 0 Å². The number of aryl methyl sites for hydroxylation is 1. The number of nitrogens with zero attached hydrogens (tertiary/aromatic N) is 4. The average molecular weight is 655 g/mol. The fraction of sp³-hybridized carbons (Fsp3) is 0.0682. The zero-order chi connectivity index (χ0) is 38.0. The van der Waals surface area contributed by atoms with Crippen LogP contribution >= 0.6 is 0 Å². The van der Waals surface area contributed by atoms with Gasteiger partial charge in [0.05, 0.1) is 29.1 Å². The minimum atomic E-state index is -3.13. The Morgan fingerprint density at radius 1 is 0.571 bits per heavy atom. The summed E-state index contributed by atoms with van der Waals surface area (Å²) >= 11 is 0. The average Bonchev–Trinajstić information content (AvgIpc) is 3.76. The first-order valence-electron chi connectivity index (χ1n) is 19.4. The van der Waals surface area contributed by atoms with Gasteiger partial charge in [-0.2, -0.15) is 0 Å². The topological polar surface area (TPSA) is 24.3 Å². The van der Waals surface area contributed by atoms with Gasteiger partial charge in [-0.05, 0) is 81.7 Å². The van der Waals surface area contributed by atoms with E-state index in [-0.39, 0.29) is 12.2 Å². The summed E-state index contributed by atoms with van der Waals surface area (Å²) in [4.78, 5) is 8.30. The standard InChI is InChI=1S/C44H36N4Si/c1-32-26-27-45-44(28-32)48-40-21-10-9-20-38(40)39-25-24-37(30-43(39)48)49(34-15-5-3-6-16-34,35-17-7-4-8-18-35)36-19-13-14-33(29-36)47-31-46(2)41-22-11-12-23-42(41)47/h3-30H,31H2,1-2H3/i1D3,2D3. The number of hydrogen-bond acceptors (Lipinski definition) is 3. The summed E-state index contributed by atoms with van der Waals surface area (Å²) < 4.78 is 51.5. The molecule has 0 aliphatic carbocycles. The third kappa shape index (κ3) is 4.61. The van der Waals surface area contributed by atoms with Crippen molar-refractivity contribution in [3.05, 3.63) is 176 Å². The van der Waals surface area contributed by atoms with Crippen molar-refractivity contribution in [2.75, 3.05) is 23.4 Å². The van der Waals surface area contributed by atoms with Crippen molar-refractivity contribution in [1.82, 2.24) is 9.55 Å². The van der Waals surface area contributed by atoms with Crippen molar-refractivity contribution in [2.45, 2.75) is 6.85 Å². The molecule has 0 bridgehead atoms. The van der Waals surface area contributed by atoms with Crippen LogP contribution in [0, 0.1) is 6.85 Å². The van der Waals surface area contributed by atoms with Crippen LogP contribution in [-0.2, 0) is 0 Å². The second-order valence-electron chi connectivity index (χ2n) is 12.5. The van der Waals surface area contributed by atoms with Crippen LogP contribution < -0.4 is 30.5 Å². The van der Waals surface area contributed by atoms with Crippen LogP contribution in [0.3, 0.4) is 0 Å². The predicted molar refractivity (Wildman–Crippen MR) is 209 cm³/mol. The third-order valence-electron chi connectivity index (χ3n) is 9.83. The Bertz CT molecular complexity index is 2650. The van der Waals surface area contributed by atoms with E-state index in [4.69, 9.17) is 13.2 Å². The third-order valence-corrected chi connectivity index (χ3v) is 14.6. The molecule has 0 fully saturated rings. The number of benzene rings is 6. The highest BCUT2D eigenvalue weighted by Gasteiger charge is 2.42. The van der Waals surface area contributed by atoms with E-state index in [2.05, 4.69) is 113 Å². The van der Waals surface area contributed by atoms with Gasteiger partial charge in [-0.1, -0.05) is 115 Å². The zero-order valence-corrected chi connectivity index (χ0v) is 27.7. The zero-order valence-electron chi connectivity index (χ0n) is 32.7. The van der Waals surface area contributed by atoms with Gasteiger partial charge in [0.1, 0.15) is 5.82 Å². The molecule has 0 saturated carbocycles. The van der Waals surface area contributed by atoms with Crippen molar-refractivity contribution < 1.29 is 8.22 Å². The largest absolute Gasteiger partial charge is 0.355 e. The van der Waals surface area contributed by atoms with Crippen molar-refractivity contribution in [3.63, 3.8) is 0 Å². The Balaban J connectivity index is 1.33. The molecule has 0 unspecified atom stereocenters. The van der Waals surface area contributed by atoms with Crippen LogP contribution in [0.15, 0.2) is 170 Å². The number of para-hydroxylation sites is 3. The first-order valence-corrected chi connectivity index (χ1v) is 18.4. The quantitative estimate of drug-likeness (QED) is 0.138. The van der Waals surface area contributed by atoms with Crippen LogP contribution in [0.4, 0.5) is 17.1 Å². The molecule has 0 atom stereocenters. The van der Waals surface area contributed by atoms with Crippen LogP contribution in [0.25, 0.3) is 27.6 Å². The van der Waals surface area contributed by atoms with Crippen molar-refractivity contribution in [2.24, 2.45) is 0 Å². The van der Waals surface area contributed by atoms with Gasteiger partial charge in [0.2, 0.25) is 0 Å². The highest BCUT2D eigenvalue weighted by atomic mass is 28.3. The maximum atomic E-state index is 8.32. The lowest BCUT2D eigenvalue weighted by molar-refractivity contribution is 0.950. The second kappa shape index (κ2) is 11.7. The number of anilines is 3. The molecule has 0 radical (unpaired) electrons. The monoisotopic (exact) mass is 654 g/mol. The van der Waals surface area contributed by atoms with Gasteiger partial charge in [0.15, 0.2) is 8.07 Å². The van der Waals surface area contributed by atoms with E-state index in [0.29, 0.717) is 11.5 Å². The van der Waals surface area contributed by atoms with E-state index in [1.54, 1.807) is 18.3 Å². The smallest absolute Gasteiger partial charge is 0.179 e. The van der Waals surface area contributed by atoms with E-state index in [9.17, 15) is 0 Å². The molecule has 0 N–H and O–H groups in total. The fourth-order valence-corrected chi connectivity index (χ4v) is 12.5. The summed E-state index contributed by atoms with van der Waals surface area (Å²) in [5.41, 5.74) is 4.52. The van der Waals surface area contributed by atoms with E-state index in [0.717, 1.165) is 43.6 Å². The minimum absolute atomic E-state index is 0.193. The van der Waals surface area contributed by atoms with Gasteiger partial charge in [-0.15, -0.1) is 0 Å². The Morgan fingerprint density at radius 3 is 2.02 bits per heavy atom. The number of aromatic nitrogens is 2. The van der Waals surface area contributed by atoms with Crippen molar-refractivity contribution >= 4 is 67.7 Å². The minimum Gasteiger partial charge on any atom is -0.355 e. The normalized spacial score (nSPS) is 15.3. The van der Waals surface area contributed by atoms with E-state index in [1.165, 1.54) is 15.3 Å². The van der Waals surface area contributed by atoms with Gasteiger partial charge < -0.3 is 9.80 Å². The molecule has 49 heavy (non-hydrogen) atoms. The maximum Gasteiger partial charge on any atom is 0.179 e. The SMILES string of the molecule is [2H]C([2H])([2H])c1ccnc(-n2c3ccccc3c3ccc([Si](c4ccccc4)(c4ccccc4)c4cccc(N5CN(C([2H])([2H])[2H])c6ccccc65)c4)cc32)c1. The van der Waals surface area contributed by atoms with Crippen LogP contribution in [-0.4, -0.2) is 31.3 Å². The van der Waals surface area contributed by atoms with Gasteiger partial charge >= 0.3 is 0 Å². The first kappa shape index (κ1) is 23.4.